The van der Waals surface area contributed by atoms with Gasteiger partial charge in [-0.1, -0.05) is 24.3 Å². The fraction of sp³-hybridized carbons (Fsp3) is 0.136. The minimum Gasteiger partial charge on any atom is -0.497 e. The molecule has 0 saturated carbocycles. The van der Waals surface area contributed by atoms with Crippen LogP contribution in [0.5, 0.6) is 17.2 Å². The van der Waals surface area contributed by atoms with Gasteiger partial charge in [-0.05, 0) is 54.6 Å². The summed E-state index contributed by atoms with van der Waals surface area (Å²) in [6.45, 7) is 0.810. The van der Waals surface area contributed by atoms with Gasteiger partial charge in [-0.25, -0.2) is 0 Å². The third kappa shape index (κ3) is 5.51. The van der Waals surface area contributed by atoms with E-state index in [9.17, 15) is 4.79 Å². The van der Waals surface area contributed by atoms with Crippen molar-refractivity contribution in [2.45, 2.75) is 0 Å². The fourth-order valence-corrected chi connectivity index (χ4v) is 2.44. The summed E-state index contributed by atoms with van der Waals surface area (Å²) >= 11 is 0. The number of amides is 1. The Kier molecular flexibility index (Phi) is 6.30. The van der Waals surface area contributed by atoms with Crippen molar-refractivity contribution in [3.63, 3.8) is 0 Å². The molecule has 0 aromatic heterocycles. The molecule has 0 atom stereocenters. The number of para-hydroxylation sites is 1. The highest BCUT2D eigenvalue weighted by atomic mass is 16.5. The van der Waals surface area contributed by atoms with E-state index in [0.29, 0.717) is 30.2 Å². The Balaban J connectivity index is 1.52. The number of carbonyl (C=O) groups excluding carboxylic acids is 1. The Morgan fingerprint density at radius 3 is 2.15 bits per heavy atom. The van der Waals surface area contributed by atoms with Crippen LogP contribution < -0.4 is 19.5 Å². The second kappa shape index (κ2) is 9.29. The zero-order valence-electron chi connectivity index (χ0n) is 15.1. The predicted octanol–water partition coefficient (Wildman–Crippen LogP) is 4.41. The van der Waals surface area contributed by atoms with Gasteiger partial charge in [0, 0.05) is 11.3 Å². The standard InChI is InChI=1S/C22H21NO4/c1-25-19-12-10-18(11-13-19)23-22(24)17-6-5-9-21(16-17)27-15-14-26-20-7-3-2-4-8-20/h2-13,16H,14-15H2,1H3,(H,23,24). The van der Waals surface area contributed by atoms with Crippen molar-refractivity contribution in [3.8, 4) is 17.2 Å². The highest BCUT2D eigenvalue weighted by Gasteiger charge is 2.07. The number of anilines is 1. The zero-order valence-corrected chi connectivity index (χ0v) is 15.1. The van der Waals surface area contributed by atoms with E-state index >= 15 is 0 Å². The SMILES string of the molecule is COc1ccc(NC(=O)c2cccc(OCCOc3ccccc3)c2)cc1. The summed E-state index contributed by atoms with van der Waals surface area (Å²) in [5.41, 5.74) is 1.22. The molecule has 0 radical (unpaired) electrons. The van der Waals surface area contributed by atoms with Crippen LogP contribution in [0.2, 0.25) is 0 Å². The molecule has 3 rings (SSSR count). The summed E-state index contributed by atoms with van der Waals surface area (Å²) in [7, 11) is 1.60. The Labute approximate surface area is 158 Å². The molecule has 5 heteroatoms. The number of ether oxygens (including phenoxy) is 3. The molecule has 27 heavy (non-hydrogen) atoms. The van der Waals surface area contributed by atoms with Crippen LogP contribution in [0.4, 0.5) is 5.69 Å². The summed E-state index contributed by atoms with van der Waals surface area (Å²) in [6.07, 6.45) is 0. The molecule has 3 aromatic rings. The Bertz CT molecular complexity index is 863. The zero-order chi connectivity index (χ0) is 18.9. The van der Waals surface area contributed by atoms with Crippen molar-refractivity contribution >= 4 is 11.6 Å². The van der Waals surface area contributed by atoms with Gasteiger partial charge in [-0.3, -0.25) is 4.79 Å². The van der Waals surface area contributed by atoms with E-state index in [2.05, 4.69) is 5.32 Å². The molecule has 138 valence electrons. The maximum Gasteiger partial charge on any atom is 0.255 e. The molecular formula is C22H21NO4. The lowest BCUT2D eigenvalue weighted by Crippen LogP contribution is -2.13. The van der Waals surface area contributed by atoms with E-state index in [-0.39, 0.29) is 5.91 Å². The van der Waals surface area contributed by atoms with Crippen molar-refractivity contribution in [1.82, 2.24) is 0 Å². The smallest absolute Gasteiger partial charge is 0.255 e. The first-order valence-corrected chi connectivity index (χ1v) is 8.61. The number of benzene rings is 3. The van der Waals surface area contributed by atoms with E-state index in [1.54, 1.807) is 49.6 Å². The van der Waals surface area contributed by atoms with Crippen LogP contribution in [-0.2, 0) is 0 Å². The van der Waals surface area contributed by atoms with Gasteiger partial charge in [0.05, 0.1) is 7.11 Å². The topological polar surface area (TPSA) is 56.8 Å². The van der Waals surface area contributed by atoms with Crippen molar-refractivity contribution < 1.29 is 19.0 Å². The van der Waals surface area contributed by atoms with Gasteiger partial charge in [0.25, 0.3) is 5.91 Å². The summed E-state index contributed by atoms with van der Waals surface area (Å²) in [6, 6.07) is 23.8. The first-order chi connectivity index (χ1) is 13.2. The van der Waals surface area contributed by atoms with E-state index < -0.39 is 0 Å². The maximum atomic E-state index is 12.4. The van der Waals surface area contributed by atoms with E-state index in [1.807, 2.05) is 36.4 Å². The third-order valence-electron chi connectivity index (χ3n) is 3.81. The maximum absolute atomic E-state index is 12.4. The van der Waals surface area contributed by atoms with Crippen molar-refractivity contribution in [1.29, 1.82) is 0 Å². The number of nitrogens with one attached hydrogen (secondary N) is 1. The second-order valence-corrected chi connectivity index (χ2v) is 5.72. The van der Waals surface area contributed by atoms with Crippen molar-refractivity contribution in [2.24, 2.45) is 0 Å². The Hall–Kier alpha value is -3.47. The number of hydrogen-bond donors (Lipinski definition) is 1. The van der Waals surface area contributed by atoms with E-state index in [4.69, 9.17) is 14.2 Å². The van der Waals surface area contributed by atoms with E-state index in [0.717, 1.165) is 11.5 Å². The molecule has 0 saturated heterocycles. The molecule has 1 amide bonds. The molecule has 3 aromatic carbocycles. The van der Waals surface area contributed by atoms with Gasteiger partial charge in [0.15, 0.2) is 0 Å². The summed E-state index contributed by atoms with van der Waals surface area (Å²) in [5.74, 6) is 1.95. The molecule has 0 aliphatic rings. The molecule has 0 aliphatic carbocycles. The summed E-state index contributed by atoms with van der Waals surface area (Å²) in [4.78, 5) is 12.4. The van der Waals surface area contributed by atoms with E-state index in [1.165, 1.54) is 0 Å². The Morgan fingerprint density at radius 2 is 1.44 bits per heavy atom. The minimum absolute atomic E-state index is 0.203. The molecular weight excluding hydrogens is 342 g/mol. The quantitative estimate of drug-likeness (QED) is 0.603. The molecule has 0 unspecified atom stereocenters. The van der Waals surface area contributed by atoms with Gasteiger partial charge in [0.1, 0.15) is 30.5 Å². The van der Waals surface area contributed by atoms with Gasteiger partial charge in [0.2, 0.25) is 0 Å². The molecule has 0 spiro atoms. The van der Waals surface area contributed by atoms with Crippen molar-refractivity contribution in [3.05, 3.63) is 84.4 Å². The first kappa shape index (κ1) is 18.3. The number of hydrogen-bond acceptors (Lipinski definition) is 4. The average molecular weight is 363 g/mol. The molecule has 1 N–H and O–H groups in total. The molecule has 0 fully saturated rings. The molecule has 0 heterocycles. The van der Waals surface area contributed by atoms with Crippen LogP contribution in [0, 0.1) is 0 Å². The van der Waals surface area contributed by atoms with Crippen LogP contribution in [0.15, 0.2) is 78.9 Å². The third-order valence-corrected chi connectivity index (χ3v) is 3.81. The summed E-state index contributed by atoms with van der Waals surface area (Å²) in [5, 5.41) is 2.85. The fourth-order valence-electron chi connectivity index (χ4n) is 2.44. The lowest BCUT2D eigenvalue weighted by Gasteiger charge is -2.10. The summed E-state index contributed by atoms with van der Waals surface area (Å²) < 4.78 is 16.4. The predicted molar refractivity (Wildman–Crippen MR) is 105 cm³/mol. The van der Waals surface area contributed by atoms with Gasteiger partial charge in [-0.2, -0.15) is 0 Å². The van der Waals surface area contributed by atoms with Crippen LogP contribution in [0.25, 0.3) is 0 Å². The number of methoxy groups -OCH3 is 1. The highest BCUT2D eigenvalue weighted by Crippen LogP contribution is 2.18. The van der Waals surface area contributed by atoms with Gasteiger partial charge in [-0.15, -0.1) is 0 Å². The second-order valence-electron chi connectivity index (χ2n) is 5.72. The van der Waals surface area contributed by atoms with Crippen LogP contribution >= 0.6 is 0 Å². The lowest BCUT2D eigenvalue weighted by atomic mass is 10.2. The Morgan fingerprint density at radius 1 is 0.778 bits per heavy atom. The number of carbonyl (C=O) groups is 1. The normalized spacial score (nSPS) is 10.1. The molecule has 0 aliphatic heterocycles. The van der Waals surface area contributed by atoms with Crippen LogP contribution in [0.3, 0.4) is 0 Å². The van der Waals surface area contributed by atoms with Crippen LogP contribution in [-0.4, -0.2) is 26.2 Å². The van der Waals surface area contributed by atoms with Gasteiger partial charge < -0.3 is 19.5 Å². The lowest BCUT2D eigenvalue weighted by molar-refractivity contribution is 0.102. The highest BCUT2D eigenvalue weighted by molar-refractivity contribution is 6.04. The van der Waals surface area contributed by atoms with Gasteiger partial charge >= 0.3 is 0 Å². The first-order valence-electron chi connectivity index (χ1n) is 8.61. The molecule has 0 bridgehead atoms. The average Bonchev–Trinajstić information content (AvgIpc) is 2.73. The molecule has 5 nitrogen and oxygen atoms in total. The largest absolute Gasteiger partial charge is 0.497 e. The van der Waals surface area contributed by atoms with Crippen LogP contribution in [0.1, 0.15) is 10.4 Å². The van der Waals surface area contributed by atoms with Crippen molar-refractivity contribution in [2.75, 3.05) is 25.6 Å². The number of rotatable bonds is 8. The minimum atomic E-state index is -0.203. The monoisotopic (exact) mass is 363 g/mol.